The third-order valence-electron chi connectivity index (χ3n) is 5.64. The first-order valence-corrected chi connectivity index (χ1v) is 10.9. The number of anilines is 1. The molecule has 1 aliphatic carbocycles. The molecule has 0 saturated heterocycles. The van der Waals surface area contributed by atoms with Crippen LogP contribution in [0.25, 0.3) is 0 Å². The van der Waals surface area contributed by atoms with Crippen molar-refractivity contribution in [3.8, 4) is 0 Å². The molecule has 1 saturated carbocycles. The lowest BCUT2D eigenvalue weighted by atomic mass is 9.86. The van der Waals surface area contributed by atoms with Crippen LogP contribution in [0.3, 0.4) is 0 Å². The highest BCUT2D eigenvalue weighted by molar-refractivity contribution is 8.00. The summed E-state index contributed by atoms with van der Waals surface area (Å²) in [5, 5.41) is 16.0. The fraction of sp³-hybridized carbons (Fsp3) is 0.684. The number of amides is 1. The van der Waals surface area contributed by atoms with Crippen LogP contribution in [-0.2, 0) is 18.3 Å². The number of rotatable bonds is 7. The van der Waals surface area contributed by atoms with Crippen LogP contribution in [-0.4, -0.2) is 35.8 Å². The molecule has 9 heteroatoms. The van der Waals surface area contributed by atoms with Gasteiger partial charge in [-0.2, -0.15) is 5.10 Å². The number of thioether (sulfide) groups is 1. The van der Waals surface area contributed by atoms with Gasteiger partial charge in [-0.25, -0.2) is 4.68 Å². The SMILES string of the molecule is Cc1nn(C)c(C)c1NC(=O)[C@@H](C)Sc1nnc(CCC2CCCCC2)n1N. The fourth-order valence-corrected chi connectivity index (χ4v) is 4.55. The van der Waals surface area contributed by atoms with Gasteiger partial charge in [-0.15, -0.1) is 10.2 Å². The van der Waals surface area contributed by atoms with Gasteiger partial charge in [0.2, 0.25) is 11.1 Å². The van der Waals surface area contributed by atoms with Gasteiger partial charge >= 0.3 is 0 Å². The highest BCUT2D eigenvalue weighted by atomic mass is 32.2. The Kier molecular flexibility index (Phi) is 6.64. The van der Waals surface area contributed by atoms with Crippen LogP contribution < -0.4 is 11.2 Å². The van der Waals surface area contributed by atoms with Crippen LogP contribution in [0, 0.1) is 19.8 Å². The van der Waals surface area contributed by atoms with Crippen molar-refractivity contribution in [3.05, 3.63) is 17.2 Å². The summed E-state index contributed by atoms with van der Waals surface area (Å²) in [6.07, 6.45) is 8.60. The molecule has 28 heavy (non-hydrogen) atoms. The third kappa shape index (κ3) is 4.68. The smallest absolute Gasteiger partial charge is 0.237 e. The number of nitrogens with one attached hydrogen (secondary N) is 1. The Hall–Kier alpha value is -2.03. The molecule has 0 aromatic carbocycles. The Bertz CT molecular complexity index is 823. The molecule has 3 rings (SSSR count). The number of aryl methyl sites for hydroxylation is 3. The number of hydrogen-bond donors (Lipinski definition) is 2. The average molecular weight is 406 g/mol. The third-order valence-corrected chi connectivity index (χ3v) is 6.70. The summed E-state index contributed by atoms with van der Waals surface area (Å²) in [5.41, 5.74) is 2.50. The van der Waals surface area contributed by atoms with Crippen molar-refractivity contribution in [2.45, 2.75) is 76.1 Å². The average Bonchev–Trinajstić information content (AvgIpc) is 3.14. The molecule has 3 N–H and O–H groups in total. The van der Waals surface area contributed by atoms with Gasteiger partial charge in [-0.05, 0) is 33.1 Å². The predicted molar refractivity (Wildman–Crippen MR) is 112 cm³/mol. The molecular formula is C19H31N7OS. The summed E-state index contributed by atoms with van der Waals surface area (Å²) >= 11 is 1.32. The van der Waals surface area contributed by atoms with E-state index in [1.54, 1.807) is 4.68 Å². The molecule has 0 aliphatic heterocycles. The first-order chi connectivity index (χ1) is 13.4. The highest BCUT2D eigenvalue weighted by Gasteiger charge is 2.22. The van der Waals surface area contributed by atoms with E-state index in [9.17, 15) is 4.79 Å². The molecule has 1 aliphatic rings. The molecule has 1 atom stereocenters. The van der Waals surface area contributed by atoms with E-state index in [0.717, 1.165) is 41.7 Å². The van der Waals surface area contributed by atoms with Crippen LogP contribution in [0.1, 0.15) is 62.7 Å². The minimum absolute atomic E-state index is 0.101. The van der Waals surface area contributed by atoms with Gasteiger partial charge in [0.25, 0.3) is 0 Å². The Labute approximate surface area is 170 Å². The molecule has 2 aromatic heterocycles. The Balaban J connectivity index is 1.57. The van der Waals surface area contributed by atoms with Gasteiger partial charge < -0.3 is 11.2 Å². The molecule has 1 fully saturated rings. The van der Waals surface area contributed by atoms with Crippen molar-refractivity contribution < 1.29 is 4.79 Å². The van der Waals surface area contributed by atoms with E-state index >= 15 is 0 Å². The topological polar surface area (TPSA) is 104 Å². The molecule has 2 aromatic rings. The zero-order valence-corrected chi connectivity index (χ0v) is 18.1. The number of nitrogens with zero attached hydrogens (tertiary/aromatic N) is 5. The predicted octanol–water partition coefficient (Wildman–Crippen LogP) is 2.97. The Morgan fingerprint density at radius 2 is 2.00 bits per heavy atom. The van der Waals surface area contributed by atoms with E-state index in [2.05, 4.69) is 20.6 Å². The second-order valence-electron chi connectivity index (χ2n) is 7.73. The monoisotopic (exact) mass is 405 g/mol. The molecule has 0 radical (unpaired) electrons. The summed E-state index contributed by atoms with van der Waals surface area (Å²) in [6.45, 7) is 5.66. The molecule has 1 amide bonds. The largest absolute Gasteiger partial charge is 0.336 e. The first kappa shape index (κ1) is 20.7. The summed E-state index contributed by atoms with van der Waals surface area (Å²) in [5.74, 6) is 7.66. The lowest BCUT2D eigenvalue weighted by Crippen LogP contribution is -2.24. The second-order valence-corrected chi connectivity index (χ2v) is 9.04. The van der Waals surface area contributed by atoms with E-state index < -0.39 is 0 Å². The van der Waals surface area contributed by atoms with Crippen molar-refractivity contribution >= 4 is 23.4 Å². The normalized spacial score (nSPS) is 16.3. The minimum Gasteiger partial charge on any atom is -0.336 e. The minimum atomic E-state index is -0.350. The van der Waals surface area contributed by atoms with Crippen LogP contribution >= 0.6 is 11.8 Å². The van der Waals surface area contributed by atoms with Gasteiger partial charge in [0.1, 0.15) is 0 Å². The Morgan fingerprint density at radius 3 is 2.64 bits per heavy atom. The second kappa shape index (κ2) is 8.98. The maximum atomic E-state index is 12.6. The molecular weight excluding hydrogens is 374 g/mol. The van der Waals surface area contributed by atoms with Crippen LogP contribution in [0.5, 0.6) is 0 Å². The summed E-state index contributed by atoms with van der Waals surface area (Å²) in [4.78, 5) is 12.6. The van der Waals surface area contributed by atoms with Gasteiger partial charge in [0.05, 0.1) is 22.3 Å². The zero-order valence-electron chi connectivity index (χ0n) is 17.2. The zero-order chi connectivity index (χ0) is 20.3. The molecule has 0 bridgehead atoms. The van der Waals surface area contributed by atoms with Crippen molar-refractivity contribution in [2.75, 3.05) is 11.2 Å². The summed E-state index contributed by atoms with van der Waals surface area (Å²) in [7, 11) is 1.86. The van der Waals surface area contributed by atoms with Crippen molar-refractivity contribution in [1.82, 2.24) is 24.7 Å². The number of hydrogen-bond acceptors (Lipinski definition) is 6. The first-order valence-electron chi connectivity index (χ1n) is 10.0. The number of nitrogens with two attached hydrogens (primary N) is 1. The molecule has 154 valence electrons. The molecule has 0 spiro atoms. The summed E-state index contributed by atoms with van der Waals surface area (Å²) < 4.78 is 3.30. The van der Waals surface area contributed by atoms with Crippen molar-refractivity contribution in [3.63, 3.8) is 0 Å². The van der Waals surface area contributed by atoms with Crippen molar-refractivity contribution in [2.24, 2.45) is 13.0 Å². The van der Waals surface area contributed by atoms with Crippen LogP contribution in [0.2, 0.25) is 0 Å². The maximum Gasteiger partial charge on any atom is 0.237 e. The van der Waals surface area contributed by atoms with E-state index in [4.69, 9.17) is 5.84 Å². The summed E-state index contributed by atoms with van der Waals surface area (Å²) in [6, 6.07) is 0. The number of nitrogen functional groups attached to an aromatic ring is 1. The van der Waals surface area contributed by atoms with Crippen molar-refractivity contribution in [1.29, 1.82) is 0 Å². The lowest BCUT2D eigenvalue weighted by molar-refractivity contribution is -0.115. The molecule has 0 unspecified atom stereocenters. The van der Waals surface area contributed by atoms with Crippen LogP contribution in [0.15, 0.2) is 5.16 Å². The van der Waals surface area contributed by atoms with E-state index in [-0.39, 0.29) is 11.2 Å². The van der Waals surface area contributed by atoms with Gasteiger partial charge in [-0.1, -0.05) is 43.9 Å². The number of carbonyl (C=O) groups excluding carboxylic acids is 1. The number of carbonyl (C=O) groups is 1. The Morgan fingerprint density at radius 1 is 1.29 bits per heavy atom. The van der Waals surface area contributed by atoms with Gasteiger partial charge in [0, 0.05) is 13.5 Å². The lowest BCUT2D eigenvalue weighted by Gasteiger charge is -2.20. The molecule has 8 nitrogen and oxygen atoms in total. The van der Waals surface area contributed by atoms with E-state index in [1.165, 1.54) is 48.5 Å². The maximum absolute atomic E-state index is 12.6. The van der Waals surface area contributed by atoms with Gasteiger partial charge in [-0.3, -0.25) is 9.48 Å². The van der Waals surface area contributed by atoms with E-state index in [0.29, 0.717) is 5.16 Å². The quantitative estimate of drug-likeness (QED) is 0.542. The standard InChI is InChI=1S/C19H31N7OS/c1-12-17(13(2)25(4)24-12)21-18(27)14(3)28-19-23-22-16(26(19)20)11-10-15-8-6-5-7-9-15/h14-15H,5-11,20H2,1-4H3,(H,21,27)/t14-/m1/s1. The molecule has 2 heterocycles. The fourth-order valence-electron chi connectivity index (χ4n) is 3.76. The van der Waals surface area contributed by atoms with Gasteiger partial charge in [0.15, 0.2) is 5.82 Å². The number of aromatic nitrogens is 5. The van der Waals surface area contributed by atoms with E-state index in [1.807, 2.05) is 27.8 Å². The van der Waals surface area contributed by atoms with Crippen LogP contribution in [0.4, 0.5) is 5.69 Å². The highest BCUT2D eigenvalue weighted by Crippen LogP contribution is 2.28.